The Balaban J connectivity index is 2.02. The zero-order valence-corrected chi connectivity index (χ0v) is 15.7. The molecule has 0 atom stereocenters. The van der Waals surface area contributed by atoms with Crippen LogP contribution in [-0.4, -0.2) is 8.42 Å². The Morgan fingerprint density at radius 3 is 1.93 bits per heavy atom. The Morgan fingerprint density at radius 1 is 0.815 bits per heavy atom. The Labute approximate surface area is 160 Å². The Kier molecular flexibility index (Phi) is 5.75. The number of rotatable bonds is 4. The summed E-state index contributed by atoms with van der Waals surface area (Å²) in [5, 5.41) is 0. The van der Waals surface area contributed by atoms with Crippen LogP contribution in [0.5, 0.6) is 0 Å². The van der Waals surface area contributed by atoms with Gasteiger partial charge < -0.3 is 0 Å². The second-order valence-corrected chi connectivity index (χ2v) is 7.68. The molecule has 0 saturated heterocycles. The van der Waals surface area contributed by atoms with Crippen molar-refractivity contribution in [2.24, 2.45) is 0 Å². The van der Waals surface area contributed by atoms with Crippen LogP contribution >= 0.6 is 0 Å². The molecule has 3 nitrogen and oxygen atoms in total. The monoisotopic (exact) mass is 373 g/mol. The lowest BCUT2D eigenvalue weighted by Gasteiger charge is -2.17. The van der Waals surface area contributed by atoms with Crippen LogP contribution in [0.4, 0.5) is 5.69 Å². The summed E-state index contributed by atoms with van der Waals surface area (Å²) in [6.07, 6.45) is 1.92. The van der Waals surface area contributed by atoms with E-state index >= 15 is 0 Å². The van der Waals surface area contributed by atoms with E-state index in [-0.39, 0.29) is 4.90 Å². The third-order valence-corrected chi connectivity index (χ3v) is 5.46. The summed E-state index contributed by atoms with van der Waals surface area (Å²) in [6.45, 7) is 1.86. The van der Waals surface area contributed by atoms with E-state index in [1.54, 1.807) is 54.6 Å². The number of benzene rings is 3. The van der Waals surface area contributed by atoms with Gasteiger partial charge in [-0.1, -0.05) is 66.7 Å². The van der Waals surface area contributed by atoms with Gasteiger partial charge in [0.2, 0.25) is 0 Å². The molecule has 27 heavy (non-hydrogen) atoms. The number of allylic oxidation sites excluding steroid dienone is 1. The third kappa shape index (κ3) is 4.66. The molecule has 0 bridgehead atoms. The maximum atomic E-state index is 13.1. The molecule has 0 N–H and O–H groups in total. The Bertz CT molecular complexity index is 1080. The minimum atomic E-state index is -3.79. The summed E-state index contributed by atoms with van der Waals surface area (Å²) in [6, 6.07) is 29.8. The van der Waals surface area contributed by atoms with Gasteiger partial charge in [0, 0.05) is 11.6 Å². The van der Waals surface area contributed by atoms with Crippen molar-refractivity contribution >= 4 is 21.8 Å². The van der Waals surface area contributed by atoms with Gasteiger partial charge in [0.05, 0.1) is 10.6 Å². The van der Waals surface area contributed by atoms with E-state index in [2.05, 4.69) is 12.0 Å². The number of anilines is 1. The van der Waals surface area contributed by atoms with Crippen molar-refractivity contribution in [3.05, 3.63) is 102 Å². The van der Waals surface area contributed by atoms with E-state index in [1.165, 1.54) is 0 Å². The minimum absolute atomic E-state index is 0.202. The predicted molar refractivity (Wildman–Crippen MR) is 110 cm³/mol. The van der Waals surface area contributed by atoms with Gasteiger partial charge >= 0.3 is 0 Å². The summed E-state index contributed by atoms with van der Waals surface area (Å²) in [4.78, 5) is 0.202. The molecule has 134 valence electrons. The highest BCUT2D eigenvalue weighted by Gasteiger charge is 2.23. The Hall–Kier alpha value is -3.29. The molecule has 0 amide bonds. The quantitative estimate of drug-likeness (QED) is 0.479. The van der Waals surface area contributed by atoms with Crippen molar-refractivity contribution in [2.75, 3.05) is 4.31 Å². The molecule has 3 aromatic rings. The third-order valence-electron chi connectivity index (χ3n) is 3.81. The van der Waals surface area contributed by atoms with E-state index in [0.717, 1.165) is 15.4 Å². The molecular formula is C23H19NO2S. The van der Waals surface area contributed by atoms with Gasteiger partial charge in [0.1, 0.15) is 0 Å². The molecular weight excluding hydrogens is 354 g/mol. The smallest absolute Gasteiger partial charge is 0.200 e. The fraction of sp³-hybridized carbons (Fsp3) is 0.0435. The van der Waals surface area contributed by atoms with Crippen LogP contribution in [0.1, 0.15) is 12.5 Å². The van der Waals surface area contributed by atoms with Crippen molar-refractivity contribution in [1.82, 2.24) is 0 Å². The lowest BCUT2D eigenvalue weighted by Crippen LogP contribution is -2.26. The van der Waals surface area contributed by atoms with Crippen LogP contribution in [0.2, 0.25) is 0 Å². The van der Waals surface area contributed by atoms with E-state index < -0.39 is 10.0 Å². The first kappa shape index (κ1) is 18.5. The molecule has 4 heteroatoms. The molecule has 0 saturated carbocycles. The van der Waals surface area contributed by atoms with Crippen LogP contribution in [0.15, 0.2) is 101 Å². The van der Waals surface area contributed by atoms with Crippen LogP contribution in [0, 0.1) is 12.0 Å². The predicted octanol–water partition coefficient (Wildman–Crippen LogP) is 4.95. The van der Waals surface area contributed by atoms with E-state index in [0.29, 0.717) is 5.69 Å². The number of sulfonamides is 1. The van der Waals surface area contributed by atoms with Crippen molar-refractivity contribution in [3.8, 4) is 12.0 Å². The van der Waals surface area contributed by atoms with Gasteiger partial charge in [-0.15, -0.1) is 0 Å². The highest BCUT2D eigenvalue weighted by atomic mass is 32.2. The molecule has 0 spiro atoms. The molecule has 0 aliphatic carbocycles. The molecule has 0 heterocycles. The number of nitrogens with zero attached hydrogens (tertiary/aromatic N) is 1. The SMILES string of the molecule is C/C(C#CN(c1ccccc1)S(=O)(=O)c1ccccc1)=C\c1ccccc1. The van der Waals surface area contributed by atoms with Crippen LogP contribution in [0.3, 0.4) is 0 Å². The summed E-state index contributed by atoms with van der Waals surface area (Å²) >= 11 is 0. The number of para-hydroxylation sites is 1. The van der Waals surface area contributed by atoms with Gasteiger partial charge in [-0.2, -0.15) is 4.31 Å². The molecule has 3 rings (SSSR count). The first-order chi connectivity index (χ1) is 13.1. The van der Waals surface area contributed by atoms with E-state index in [9.17, 15) is 8.42 Å². The van der Waals surface area contributed by atoms with Gasteiger partial charge in [0.15, 0.2) is 0 Å². The lowest BCUT2D eigenvalue weighted by atomic mass is 10.1. The average Bonchev–Trinajstić information content (AvgIpc) is 2.70. The lowest BCUT2D eigenvalue weighted by molar-refractivity contribution is 0.596. The highest BCUT2D eigenvalue weighted by Crippen LogP contribution is 2.22. The molecule has 0 unspecified atom stereocenters. The summed E-state index contributed by atoms with van der Waals surface area (Å²) < 4.78 is 27.3. The standard InChI is InChI=1S/C23H19NO2S/c1-20(19-21-11-5-2-6-12-21)17-18-24(22-13-7-3-8-14-22)27(25,26)23-15-9-4-10-16-23/h2-16,19H,1H3/b20-19+. The van der Waals surface area contributed by atoms with E-state index in [4.69, 9.17) is 0 Å². The summed E-state index contributed by atoms with van der Waals surface area (Å²) in [5.41, 5.74) is 2.29. The van der Waals surface area contributed by atoms with E-state index in [1.807, 2.05) is 49.4 Å². The second-order valence-electron chi connectivity index (χ2n) is 5.89. The number of hydrogen-bond acceptors (Lipinski definition) is 2. The van der Waals surface area contributed by atoms with Crippen LogP contribution < -0.4 is 4.31 Å². The molecule has 0 fully saturated rings. The molecule has 0 aromatic heterocycles. The number of hydrogen-bond donors (Lipinski definition) is 0. The van der Waals surface area contributed by atoms with Crippen LogP contribution in [-0.2, 0) is 10.0 Å². The van der Waals surface area contributed by atoms with Gasteiger partial charge in [-0.3, -0.25) is 0 Å². The molecule has 0 radical (unpaired) electrons. The first-order valence-electron chi connectivity index (χ1n) is 8.48. The maximum Gasteiger partial charge on any atom is 0.275 e. The second kappa shape index (κ2) is 8.39. The molecule has 3 aromatic carbocycles. The first-order valence-corrected chi connectivity index (χ1v) is 9.92. The van der Waals surface area contributed by atoms with Crippen molar-refractivity contribution in [2.45, 2.75) is 11.8 Å². The summed E-state index contributed by atoms with van der Waals surface area (Å²) in [7, 11) is -3.79. The normalized spacial score (nSPS) is 11.4. The van der Waals surface area contributed by atoms with Crippen molar-refractivity contribution in [1.29, 1.82) is 0 Å². The molecule has 0 aliphatic heterocycles. The maximum absolute atomic E-state index is 13.1. The highest BCUT2D eigenvalue weighted by molar-refractivity contribution is 7.93. The molecule has 0 aliphatic rings. The van der Waals surface area contributed by atoms with Crippen molar-refractivity contribution in [3.63, 3.8) is 0 Å². The van der Waals surface area contributed by atoms with Crippen molar-refractivity contribution < 1.29 is 8.42 Å². The van der Waals surface area contributed by atoms with Gasteiger partial charge in [-0.25, -0.2) is 8.42 Å². The zero-order valence-electron chi connectivity index (χ0n) is 14.9. The van der Waals surface area contributed by atoms with Crippen LogP contribution in [0.25, 0.3) is 6.08 Å². The Morgan fingerprint density at radius 2 is 1.33 bits per heavy atom. The fourth-order valence-electron chi connectivity index (χ4n) is 2.50. The van der Waals surface area contributed by atoms with Gasteiger partial charge in [-0.05, 0) is 48.7 Å². The minimum Gasteiger partial charge on any atom is -0.200 e. The topological polar surface area (TPSA) is 37.4 Å². The fourth-order valence-corrected chi connectivity index (χ4v) is 3.78. The largest absolute Gasteiger partial charge is 0.275 e. The van der Waals surface area contributed by atoms with Gasteiger partial charge in [0.25, 0.3) is 10.0 Å². The summed E-state index contributed by atoms with van der Waals surface area (Å²) in [5.74, 6) is 2.96. The average molecular weight is 373 g/mol. The zero-order chi connectivity index (χ0) is 19.1.